The number of nitrogens with zero attached hydrogens (tertiary/aromatic N) is 3. The molecule has 0 aromatic carbocycles. The fourth-order valence-corrected chi connectivity index (χ4v) is 1.36. The molecule has 2 heterocycles. The number of aromatic nitrogens is 1. The smallest absolute Gasteiger partial charge is 0.152 e. The summed E-state index contributed by atoms with van der Waals surface area (Å²) in [7, 11) is 0. The first-order valence-electron chi connectivity index (χ1n) is 3.15. The molecule has 3 nitrogen and oxygen atoms in total. The van der Waals surface area contributed by atoms with Crippen LogP contribution in [0.15, 0.2) is 34.5 Å². The molecule has 0 spiro atoms. The standard InChI is InChI=1S/C4H4S.C3H2N3S/c1-2-4-5-3-1;4-6-3-5-1-2-7-3/h1-4H;1-2H/q;+1. The van der Waals surface area contributed by atoms with Crippen LogP contribution in [0, 0.1) is 5.39 Å². The largest absolute Gasteiger partial charge is 0.523 e. The van der Waals surface area contributed by atoms with Crippen LogP contribution in [0.1, 0.15) is 0 Å². The predicted molar refractivity (Wildman–Crippen MR) is 51.2 cm³/mol. The Bertz CT molecular complexity index is 303. The maximum atomic E-state index is 8.00. The topological polar surface area (TPSA) is 41.0 Å². The Balaban J connectivity index is 0.000000127. The molecular formula is C7H6N3S2+. The summed E-state index contributed by atoms with van der Waals surface area (Å²) < 4.78 is 0. The van der Waals surface area contributed by atoms with E-state index in [1.54, 1.807) is 22.9 Å². The SMILES string of the molecule is N#[N+]c1nccs1.c1ccsc1. The molecule has 2 rings (SSSR count). The highest BCUT2D eigenvalue weighted by atomic mass is 32.1. The summed E-state index contributed by atoms with van der Waals surface area (Å²) in [6, 6.07) is 4.04. The second-order valence-corrected chi connectivity index (χ2v) is 3.40. The lowest BCUT2D eigenvalue weighted by Crippen LogP contribution is -1.46. The second-order valence-electron chi connectivity index (χ2n) is 1.71. The summed E-state index contributed by atoms with van der Waals surface area (Å²) >= 11 is 3.01. The molecule has 0 bridgehead atoms. The molecule has 0 atom stereocenters. The molecule has 0 unspecified atom stereocenters. The Labute approximate surface area is 78.0 Å². The number of thiophene rings is 1. The van der Waals surface area contributed by atoms with E-state index >= 15 is 0 Å². The third kappa shape index (κ3) is 3.23. The molecule has 0 saturated heterocycles. The minimum Gasteiger partial charge on any atom is -0.152 e. The van der Waals surface area contributed by atoms with E-state index in [1.165, 1.54) is 11.3 Å². The summed E-state index contributed by atoms with van der Waals surface area (Å²) in [6.45, 7) is 0. The highest BCUT2D eigenvalue weighted by molar-refractivity contribution is 7.13. The number of thiazole rings is 1. The molecule has 5 heteroatoms. The highest BCUT2D eigenvalue weighted by Gasteiger charge is 2.01. The Kier molecular flexibility index (Phi) is 3.98. The zero-order valence-electron chi connectivity index (χ0n) is 6.12. The molecule has 0 saturated carbocycles. The van der Waals surface area contributed by atoms with E-state index in [4.69, 9.17) is 5.39 Å². The summed E-state index contributed by atoms with van der Waals surface area (Å²) in [4.78, 5) is 6.47. The van der Waals surface area contributed by atoms with Gasteiger partial charge < -0.3 is 0 Å². The number of diazo groups is 1. The molecule has 12 heavy (non-hydrogen) atoms. The molecule has 0 amide bonds. The molecule has 2 aromatic heterocycles. The van der Waals surface area contributed by atoms with E-state index in [2.05, 4.69) is 9.96 Å². The summed E-state index contributed by atoms with van der Waals surface area (Å²) in [6.07, 6.45) is 1.58. The third-order valence-corrected chi connectivity index (χ3v) is 2.21. The van der Waals surface area contributed by atoms with Crippen LogP contribution in [0.2, 0.25) is 0 Å². The van der Waals surface area contributed by atoms with Crippen molar-refractivity contribution < 1.29 is 0 Å². The van der Waals surface area contributed by atoms with E-state index in [9.17, 15) is 0 Å². The fourth-order valence-electron chi connectivity index (χ4n) is 0.492. The van der Waals surface area contributed by atoms with Crippen LogP contribution in [0.5, 0.6) is 0 Å². The van der Waals surface area contributed by atoms with Gasteiger partial charge in [0.15, 0.2) is 6.20 Å². The van der Waals surface area contributed by atoms with Gasteiger partial charge in [0, 0.05) is 10.4 Å². The molecule has 0 radical (unpaired) electrons. The van der Waals surface area contributed by atoms with Gasteiger partial charge in [0.2, 0.25) is 0 Å². The first-order chi connectivity index (χ1) is 5.93. The summed E-state index contributed by atoms with van der Waals surface area (Å²) in [5.74, 6) is 0. The zero-order chi connectivity index (χ0) is 8.65. The van der Waals surface area contributed by atoms with Crippen molar-refractivity contribution in [2.24, 2.45) is 0 Å². The molecule has 60 valence electrons. The van der Waals surface area contributed by atoms with Crippen LogP contribution in [-0.2, 0) is 0 Å². The fraction of sp³-hybridized carbons (Fsp3) is 0. The van der Waals surface area contributed by atoms with Crippen molar-refractivity contribution in [2.75, 3.05) is 0 Å². The van der Waals surface area contributed by atoms with Crippen molar-refractivity contribution in [2.45, 2.75) is 0 Å². The first-order valence-corrected chi connectivity index (χ1v) is 4.97. The number of hydrogen-bond donors (Lipinski definition) is 0. The van der Waals surface area contributed by atoms with Crippen molar-refractivity contribution >= 4 is 27.8 Å². The van der Waals surface area contributed by atoms with Crippen LogP contribution < -0.4 is 0 Å². The molecule has 0 fully saturated rings. The van der Waals surface area contributed by atoms with Gasteiger partial charge >= 0.3 is 5.13 Å². The Morgan fingerprint density at radius 3 is 2.25 bits per heavy atom. The predicted octanol–water partition coefficient (Wildman–Crippen LogP) is 3.38. The van der Waals surface area contributed by atoms with Gasteiger partial charge in [0.1, 0.15) is 0 Å². The van der Waals surface area contributed by atoms with E-state index < -0.39 is 0 Å². The van der Waals surface area contributed by atoms with Crippen molar-refractivity contribution in [3.05, 3.63) is 39.4 Å². The van der Waals surface area contributed by atoms with Gasteiger partial charge in [-0.2, -0.15) is 11.3 Å². The average molecular weight is 196 g/mol. The minimum atomic E-state index is 0.403. The molecular weight excluding hydrogens is 190 g/mol. The van der Waals surface area contributed by atoms with Crippen LogP contribution in [0.25, 0.3) is 4.98 Å². The normalized spacial score (nSPS) is 7.92. The molecule has 0 aliphatic rings. The van der Waals surface area contributed by atoms with Crippen molar-refractivity contribution in [3.63, 3.8) is 0 Å². The Hall–Kier alpha value is -1.25. The molecule has 0 N–H and O–H groups in total. The van der Waals surface area contributed by atoms with Crippen molar-refractivity contribution in [1.29, 1.82) is 5.39 Å². The molecule has 0 aliphatic heterocycles. The van der Waals surface area contributed by atoms with E-state index in [0.717, 1.165) is 0 Å². The van der Waals surface area contributed by atoms with Crippen LogP contribution in [0.4, 0.5) is 5.13 Å². The quantitative estimate of drug-likeness (QED) is 0.606. The third-order valence-electron chi connectivity index (χ3n) is 0.930. The lowest BCUT2D eigenvalue weighted by molar-refractivity contribution is 1.38. The monoisotopic (exact) mass is 196 g/mol. The lowest BCUT2D eigenvalue weighted by atomic mass is 10.7. The van der Waals surface area contributed by atoms with Gasteiger partial charge in [-0.25, -0.2) is 0 Å². The van der Waals surface area contributed by atoms with E-state index in [-0.39, 0.29) is 0 Å². The lowest BCUT2D eigenvalue weighted by Gasteiger charge is -1.44. The molecule has 2 aromatic rings. The first kappa shape index (κ1) is 8.84. The Morgan fingerprint density at radius 2 is 2.00 bits per heavy atom. The van der Waals surface area contributed by atoms with Crippen molar-refractivity contribution in [1.82, 2.24) is 4.98 Å². The summed E-state index contributed by atoms with van der Waals surface area (Å²) in [5, 5.41) is 14.2. The van der Waals surface area contributed by atoms with Crippen LogP contribution >= 0.6 is 22.7 Å². The van der Waals surface area contributed by atoms with E-state index in [1.807, 2.05) is 22.9 Å². The summed E-state index contributed by atoms with van der Waals surface area (Å²) in [5.41, 5.74) is 0. The van der Waals surface area contributed by atoms with Gasteiger partial charge in [0.05, 0.1) is 5.39 Å². The van der Waals surface area contributed by atoms with Gasteiger partial charge in [0.25, 0.3) is 0 Å². The van der Waals surface area contributed by atoms with Gasteiger partial charge in [-0.15, -0.1) is 0 Å². The van der Waals surface area contributed by atoms with Crippen LogP contribution in [-0.4, -0.2) is 4.98 Å². The van der Waals surface area contributed by atoms with E-state index in [0.29, 0.717) is 5.13 Å². The average Bonchev–Trinajstić information content (AvgIpc) is 2.81. The zero-order valence-corrected chi connectivity index (χ0v) is 7.76. The van der Waals surface area contributed by atoms with Gasteiger partial charge in [-0.05, 0) is 27.1 Å². The Morgan fingerprint density at radius 1 is 1.25 bits per heavy atom. The van der Waals surface area contributed by atoms with Crippen LogP contribution in [0.3, 0.4) is 0 Å². The highest BCUT2D eigenvalue weighted by Crippen LogP contribution is 2.12. The maximum absolute atomic E-state index is 8.00. The number of hydrogen-bond acceptors (Lipinski definition) is 4. The maximum Gasteiger partial charge on any atom is 0.523 e. The second kappa shape index (κ2) is 5.41. The van der Waals surface area contributed by atoms with Gasteiger partial charge in [-0.1, -0.05) is 12.1 Å². The van der Waals surface area contributed by atoms with Gasteiger partial charge in [-0.3, -0.25) is 0 Å². The molecule has 0 aliphatic carbocycles. The minimum absolute atomic E-state index is 0.403. The number of rotatable bonds is 0. The van der Waals surface area contributed by atoms with Crippen molar-refractivity contribution in [3.8, 4) is 0 Å².